The van der Waals surface area contributed by atoms with Gasteiger partial charge in [0.2, 0.25) is 0 Å². The van der Waals surface area contributed by atoms with E-state index in [9.17, 15) is 0 Å². The lowest BCUT2D eigenvalue weighted by atomic mass is 10.2. The maximum atomic E-state index is 6.11. The van der Waals surface area contributed by atoms with Crippen LogP contribution in [0.3, 0.4) is 0 Å². The molecule has 0 amide bonds. The highest BCUT2D eigenvalue weighted by Gasteiger charge is 2.20. The standard InChI is InChI=1S/C15H26N6.C10H15ClN4.CH4/c1-18-3-7-20(8-4-18)14-11-13(16)12-15(17-14)21-9-5-19(2)6-10-21;1-14-2-4-15(5-3-14)10-7-8(12)6-9(11)13-10;/h11-12H,3-10H2,1-2H3,(H2,16,17);6-7H,2-5H2,1H3,(H2,12,13);1H4. The first-order chi connectivity index (χ1) is 17.3. The largest absolute Gasteiger partial charge is 0.399 e. The molecule has 5 heterocycles. The zero-order chi connectivity index (χ0) is 25.7. The predicted molar refractivity (Wildman–Crippen MR) is 158 cm³/mol. The Morgan fingerprint density at radius 2 is 0.838 bits per heavy atom. The fourth-order valence-electron chi connectivity index (χ4n) is 4.62. The first-order valence-electron chi connectivity index (χ1n) is 12.8. The van der Waals surface area contributed by atoms with Gasteiger partial charge in [-0.25, -0.2) is 9.97 Å². The predicted octanol–water partition coefficient (Wildman–Crippen LogP) is 1.87. The summed E-state index contributed by atoms with van der Waals surface area (Å²) in [6.45, 7) is 12.5. The summed E-state index contributed by atoms with van der Waals surface area (Å²) in [5.74, 6) is 2.93. The van der Waals surface area contributed by atoms with Gasteiger partial charge in [0.05, 0.1) is 0 Å². The first kappa shape index (κ1) is 29.0. The van der Waals surface area contributed by atoms with E-state index in [0.29, 0.717) is 10.8 Å². The lowest BCUT2D eigenvalue weighted by molar-refractivity contribution is 0.310. The number of nitrogens with two attached hydrogens (primary N) is 2. The van der Waals surface area contributed by atoms with Gasteiger partial charge in [-0.1, -0.05) is 19.0 Å². The Morgan fingerprint density at radius 1 is 0.541 bits per heavy atom. The molecule has 2 aromatic heterocycles. The van der Waals surface area contributed by atoms with Crippen molar-refractivity contribution in [2.45, 2.75) is 7.43 Å². The minimum atomic E-state index is 0. The van der Waals surface area contributed by atoms with E-state index in [2.05, 4.69) is 55.5 Å². The molecule has 0 atom stereocenters. The van der Waals surface area contributed by atoms with Gasteiger partial charge in [0.25, 0.3) is 0 Å². The number of halogens is 1. The van der Waals surface area contributed by atoms with Crippen LogP contribution in [0.5, 0.6) is 0 Å². The number of aromatic nitrogens is 2. The highest BCUT2D eigenvalue weighted by atomic mass is 35.5. The van der Waals surface area contributed by atoms with Gasteiger partial charge in [0.15, 0.2) is 0 Å². The summed E-state index contributed by atoms with van der Waals surface area (Å²) in [7, 11) is 6.46. The SMILES string of the molecule is C.CN1CCN(c2cc(N)cc(Cl)n2)CC1.CN1CCN(c2cc(N)cc(N3CCN(C)CC3)n2)CC1. The van der Waals surface area contributed by atoms with Gasteiger partial charge in [-0.3, -0.25) is 0 Å². The van der Waals surface area contributed by atoms with E-state index >= 15 is 0 Å². The molecular weight excluding hydrogens is 488 g/mol. The van der Waals surface area contributed by atoms with Crippen molar-refractivity contribution < 1.29 is 0 Å². The third-order valence-corrected chi connectivity index (χ3v) is 7.30. The second kappa shape index (κ2) is 13.3. The Hall–Kier alpha value is -2.53. The van der Waals surface area contributed by atoms with Gasteiger partial charge in [-0.15, -0.1) is 0 Å². The molecule has 0 aromatic carbocycles. The molecule has 37 heavy (non-hydrogen) atoms. The summed E-state index contributed by atoms with van der Waals surface area (Å²) in [4.78, 5) is 23.0. The summed E-state index contributed by atoms with van der Waals surface area (Å²) in [5.41, 5.74) is 13.3. The number of nitrogens with zero attached hydrogens (tertiary/aromatic N) is 8. The maximum absolute atomic E-state index is 6.11. The van der Waals surface area contributed by atoms with Gasteiger partial charge in [-0.2, -0.15) is 0 Å². The number of likely N-dealkylation sites (N-methyl/N-ethyl adjacent to an activating group) is 3. The van der Waals surface area contributed by atoms with Gasteiger partial charge < -0.3 is 40.9 Å². The molecule has 0 saturated carbocycles. The van der Waals surface area contributed by atoms with Gasteiger partial charge in [-0.05, 0) is 27.2 Å². The van der Waals surface area contributed by atoms with Crippen molar-refractivity contribution in [1.29, 1.82) is 0 Å². The minimum Gasteiger partial charge on any atom is -0.399 e. The fraction of sp³-hybridized carbons (Fsp3) is 0.615. The van der Waals surface area contributed by atoms with E-state index in [1.54, 1.807) is 6.07 Å². The molecule has 0 spiro atoms. The molecule has 2 aromatic rings. The highest BCUT2D eigenvalue weighted by Crippen LogP contribution is 2.24. The number of hydrogen-bond acceptors (Lipinski definition) is 10. The van der Waals surface area contributed by atoms with Crippen molar-refractivity contribution in [3.05, 3.63) is 29.4 Å². The van der Waals surface area contributed by atoms with Crippen LogP contribution >= 0.6 is 11.6 Å². The molecule has 4 N–H and O–H groups in total. The zero-order valence-corrected chi connectivity index (χ0v) is 22.7. The van der Waals surface area contributed by atoms with Crippen molar-refractivity contribution in [3.8, 4) is 0 Å². The number of anilines is 5. The summed E-state index contributed by atoms with van der Waals surface area (Å²) in [6, 6.07) is 7.55. The highest BCUT2D eigenvalue weighted by molar-refractivity contribution is 6.29. The number of piperazine rings is 3. The van der Waals surface area contributed by atoms with Crippen LogP contribution in [0.2, 0.25) is 5.15 Å². The molecule has 3 saturated heterocycles. The second-order valence-electron chi connectivity index (χ2n) is 10.1. The number of hydrogen-bond donors (Lipinski definition) is 2. The molecular formula is C26H45ClN10. The first-order valence-corrected chi connectivity index (χ1v) is 13.2. The van der Waals surface area contributed by atoms with Crippen LogP contribution in [0.1, 0.15) is 7.43 Å². The monoisotopic (exact) mass is 532 g/mol. The van der Waals surface area contributed by atoms with E-state index in [4.69, 9.17) is 28.1 Å². The Morgan fingerprint density at radius 3 is 1.16 bits per heavy atom. The maximum Gasteiger partial charge on any atom is 0.133 e. The van der Waals surface area contributed by atoms with Gasteiger partial charge >= 0.3 is 0 Å². The van der Waals surface area contributed by atoms with Crippen LogP contribution < -0.4 is 26.2 Å². The molecule has 10 nitrogen and oxygen atoms in total. The van der Waals surface area contributed by atoms with E-state index in [1.165, 1.54) is 0 Å². The quantitative estimate of drug-likeness (QED) is 0.570. The van der Waals surface area contributed by atoms with Gasteiger partial charge in [0, 0.05) is 108 Å². The van der Waals surface area contributed by atoms with Crippen LogP contribution in [0.25, 0.3) is 0 Å². The second-order valence-corrected chi connectivity index (χ2v) is 10.5. The van der Waals surface area contributed by atoms with Crippen LogP contribution in [-0.2, 0) is 0 Å². The molecule has 3 aliphatic heterocycles. The van der Waals surface area contributed by atoms with E-state index < -0.39 is 0 Å². The Kier molecular flexibility index (Phi) is 10.5. The average molecular weight is 533 g/mol. The smallest absolute Gasteiger partial charge is 0.133 e. The number of nitrogen functional groups attached to an aromatic ring is 2. The van der Waals surface area contributed by atoms with Crippen LogP contribution in [0.4, 0.5) is 28.8 Å². The summed E-state index contributed by atoms with van der Waals surface area (Å²) in [6.07, 6.45) is 0. The van der Waals surface area contributed by atoms with Crippen LogP contribution in [0, 0.1) is 0 Å². The van der Waals surface area contributed by atoms with Crippen molar-refractivity contribution >= 4 is 40.4 Å². The lowest BCUT2D eigenvalue weighted by Gasteiger charge is -2.36. The third-order valence-electron chi connectivity index (χ3n) is 7.11. The molecule has 0 radical (unpaired) electrons. The number of pyridine rings is 2. The van der Waals surface area contributed by atoms with E-state index in [-0.39, 0.29) is 7.43 Å². The summed E-state index contributed by atoms with van der Waals surface area (Å²) >= 11 is 5.87. The van der Waals surface area contributed by atoms with E-state index in [0.717, 1.165) is 102 Å². The molecule has 0 bridgehead atoms. The van der Waals surface area contributed by atoms with Crippen molar-refractivity contribution in [2.75, 3.05) is 126 Å². The minimum absolute atomic E-state index is 0. The Balaban J connectivity index is 0.000000211. The molecule has 0 unspecified atom stereocenters. The number of rotatable bonds is 3. The topological polar surface area (TPSA) is 97.3 Å². The molecule has 3 aliphatic rings. The lowest BCUT2D eigenvalue weighted by Crippen LogP contribution is -2.46. The normalized spacial score (nSPS) is 19.7. The van der Waals surface area contributed by atoms with Crippen LogP contribution in [-0.4, -0.2) is 124 Å². The molecule has 3 fully saturated rings. The van der Waals surface area contributed by atoms with E-state index in [1.807, 2.05) is 18.2 Å². The van der Waals surface area contributed by atoms with Crippen molar-refractivity contribution in [3.63, 3.8) is 0 Å². The molecule has 0 aliphatic carbocycles. The average Bonchev–Trinajstić information content (AvgIpc) is 2.85. The summed E-state index contributed by atoms with van der Waals surface area (Å²) < 4.78 is 0. The molecule has 11 heteroatoms. The Bertz CT molecular complexity index is 921. The molecule has 206 valence electrons. The van der Waals surface area contributed by atoms with Gasteiger partial charge in [0.1, 0.15) is 22.6 Å². The van der Waals surface area contributed by atoms with Crippen LogP contribution in [0.15, 0.2) is 24.3 Å². The fourth-order valence-corrected chi connectivity index (χ4v) is 4.83. The molecule has 5 rings (SSSR count). The summed E-state index contributed by atoms with van der Waals surface area (Å²) in [5, 5.41) is 0.462. The zero-order valence-electron chi connectivity index (χ0n) is 21.9. The third kappa shape index (κ3) is 8.23. The van der Waals surface area contributed by atoms with Crippen molar-refractivity contribution in [2.24, 2.45) is 0 Å². The Labute approximate surface area is 227 Å². The van der Waals surface area contributed by atoms with Crippen molar-refractivity contribution in [1.82, 2.24) is 24.7 Å².